The van der Waals surface area contributed by atoms with E-state index in [1.165, 1.54) is 22.2 Å². The molecule has 0 aliphatic rings. The van der Waals surface area contributed by atoms with Crippen molar-refractivity contribution in [2.45, 2.75) is 34.1 Å². The monoisotopic (exact) mass is 204 g/mol. The minimum atomic E-state index is 1.00. The number of aryl methyl sites for hydroxylation is 3. The summed E-state index contributed by atoms with van der Waals surface area (Å²) < 4.78 is 1.95. The molecule has 2 heteroatoms. The van der Waals surface area contributed by atoms with E-state index < -0.39 is 0 Å². The van der Waals surface area contributed by atoms with E-state index in [4.69, 9.17) is 0 Å². The van der Waals surface area contributed by atoms with Crippen LogP contribution >= 0.6 is 0 Å². The molecule has 2 nitrogen and oxygen atoms in total. The SMILES string of the molecule is CC.CCc1nn(C)c2ccc(C)cc12. The summed E-state index contributed by atoms with van der Waals surface area (Å²) in [4.78, 5) is 0. The van der Waals surface area contributed by atoms with Crippen molar-refractivity contribution in [3.8, 4) is 0 Å². The molecule has 0 atom stereocenters. The van der Waals surface area contributed by atoms with E-state index in [0.717, 1.165) is 6.42 Å². The standard InChI is InChI=1S/C11H14N2.C2H6/c1-4-10-9-7-8(2)5-6-11(9)13(3)12-10;1-2/h5-7H,4H2,1-3H3;1-2H3. The molecule has 0 aliphatic carbocycles. The summed E-state index contributed by atoms with van der Waals surface area (Å²) in [6, 6.07) is 6.47. The van der Waals surface area contributed by atoms with E-state index in [1.54, 1.807) is 0 Å². The third kappa shape index (κ3) is 2.20. The smallest absolute Gasteiger partial charge is 0.0700 e. The van der Waals surface area contributed by atoms with Crippen LogP contribution in [-0.2, 0) is 13.5 Å². The highest BCUT2D eigenvalue weighted by Gasteiger charge is 2.05. The normalized spacial score (nSPS) is 9.93. The van der Waals surface area contributed by atoms with E-state index >= 15 is 0 Å². The van der Waals surface area contributed by atoms with Gasteiger partial charge in [-0.1, -0.05) is 32.4 Å². The molecule has 0 fully saturated rings. The van der Waals surface area contributed by atoms with Gasteiger partial charge in [-0.2, -0.15) is 5.10 Å². The third-order valence-corrected chi connectivity index (χ3v) is 2.42. The lowest BCUT2D eigenvalue weighted by Gasteiger charge is -1.95. The van der Waals surface area contributed by atoms with Crippen molar-refractivity contribution >= 4 is 10.9 Å². The Kier molecular flexibility index (Phi) is 3.89. The van der Waals surface area contributed by atoms with Gasteiger partial charge in [0.1, 0.15) is 0 Å². The lowest BCUT2D eigenvalue weighted by atomic mass is 10.1. The predicted molar refractivity (Wildman–Crippen MR) is 66.2 cm³/mol. The van der Waals surface area contributed by atoms with Crippen molar-refractivity contribution in [2.24, 2.45) is 7.05 Å². The predicted octanol–water partition coefficient (Wildman–Crippen LogP) is 3.47. The second kappa shape index (κ2) is 4.96. The fourth-order valence-electron chi connectivity index (χ4n) is 1.71. The van der Waals surface area contributed by atoms with Gasteiger partial charge in [-0.05, 0) is 25.5 Å². The molecule has 0 saturated carbocycles. The molecule has 0 saturated heterocycles. The van der Waals surface area contributed by atoms with E-state index in [0.29, 0.717) is 0 Å². The van der Waals surface area contributed by atoms with Gasteiger partial charge in [-0.15, -0.1) is 0 Å². The van der Waals surface area contributed by atoms with Crippen molar-refractivity contribution in [2.75, 3.05) is 0 Å². The van der Waals surface area contributed by atoms with Gasteiger partial charge in [0.2, 0.25) is 0 Å². The highest BCUT2D eigenvalue weighted by atomic mass is 15.3. The van der Waals surface area contributed by atoms with Crippen LogP contribution < -0.4 is 0 Å². The van der Waals surface area contributed by atoms with Gasteiger partial charge in [0.05, 0.1) is 11.2 Å². The van der Waals surface area contributed by atoms with Crippen molar-refractivity contribution in [1.82, 2.24) is 9.78 Å². The maximum atomic E-state index is 4.47. The van der Waals surface area contributed by atoms with E-state index in [1.807, 2.05) is 25.6 Å². The Hall–Kier alpha value is -1.31. The number of hydrogen-bond acceptors (Lipinski definition) is 1. The second-order valence-electron chi connectivity index (χ2n) is 3.44. The number of fused-ring (bicyclic) bond motifs is 1. The van der Waals surface area contributed by atoms with Crippen LogP contribution in [0.5, 0.6) is 0 Å². The fraction of sp³-hybridized carbons (Fsp3) is 0.462. The first-order chi connectivity index (χ1) is 7.22. The van der Waals surface area contributed by atoms with Gasteiger partial charge < -0.3 is 0 Å². The molecule has 82 valence electrons. The Bertz CT molecular complexity index is 441. The summed E-state index contributed by atoms with van der Waals surface area (Å²) >= 11 is 0. The summed E-state index contributed by atoms with van der Waals surface area (Å²) in [7, 11) is 2.00. The molecular formula is C13H20N2. The molecule has 0 radical (unpaired) electrons. The number of benzene rings is 1. The highest BCUT2D eigenvalue weighted by molar-refractivity contribution is 5.82. The van der Waals surface area contributed by atoms with E-state index in [2.05, 4.69) is 37.1 Å². The van der Waals surface area contributed by atoms with Crippen LogP contribution in [0.4, 0.5) is 0 Å². The Balaban J connectivity index is 0.000000531. The number of aromatic nitrogens is 2. The molecule has 2 aromatic rings. The first-order valence-corrected chi connectivity index (χ1v) is 5.64. The summed E-state index contributed by atoms with van der Waals surface area (Å²) in [6.45, 7) is 8.26. The topological polar surface area (TPSA) is 17.8 Å². The minimum Gasteiger partial charge on any atom is -0.268 e. The molecule has 15 heavy (non-hydrogen) atoms. The molecule has 1 aromatic heterocycles. The van der Waals surface area contributed by atoms with Gasteiger partial charge in [0.15, 0.2) is 0 Å². The molecule has 0 spiro atoms. The summed E-state index contributed by atoms with van der Waals surface area (Å²) in [5, 5.41) is 5.76. The van der Waals surface area contributed by atoms with Gasteiger partial charge in [0.25, 0.3) is 0 Å². The van der Waals surface area contributed by atoms with Gasteiger partial charge in [0, 0.05) is 12.4 Å². The lowest BCUT2D eigenvalue weighted by Crippen LogP contribution is -1.90. The van der Waals surface area contributed by atoms with Crippen molar-refractivity contribution in [1.29, 1.82) is 0 Å². The quantitative estimate of drug-likeness (QED) is 0.695. The van der Waals surface area contributed by atoms with Crippen LogP contribution in [0.3, 0.4) is 0 Å². The zero-order valence-corrected chi connectivity index (χ0v) is 10.3. The molecule has 1 aromatic carbocycles. The van der Waals surface area contributed by atoms with Crippen LogP contribution in [0.15, 0.2) is 18.2 Å². The van der Waals surface area contributed by atoms with Crippen LogP contribution in [0.25, 0.3) is 10.9 Å². The maximum absolute atomic E-state index is 4.47. The molecule has 0 N–H and O–H groups in total. The van der Waals surface area contributed by atoms with Crippen LogP contribution in [0.2, 0.25) is 0 Å². The number of rotatable bonds is 1. The summed E-state index contributed by atoms with van der Waals surface area (Å²) in [5.74, 6) is 0. The molecule has 0 bridgehead atoms. The molecule has 2 rings (SSSR count). The maximum Gasteiger partial charge on any atom is 0.0700 e. The zero-order chi connectivity index (χ0) is 11.4. The Labute approximate surface area is 91.9 Å². The zero-order valence-electron chi connectivity index (χ0n) is 10.3. The molecular weight excluding hydrogens is 184 g/mol. The van der Waals surface area contributed by atoms with Crippen LogP contribution in [0.1, 0.15) is 32.0 Å². The van der Waals surface area contributed by atoms with E-state index in [-0.39, 0.29) is 0 Å². The Morgan fingerprint density at radius 3 is 2.53 bits per heavy atom. The van der Waals surface area contributed by atoms with Crippen LogP contribution in [0, 0.1) is 6.92 Å². The van der Waals surface area contributed by atoms with E-state index in [9.17, 15) is 0 Å². The third-order valence-electron chi connectivity index (χ3n) is 2.42. The molecule has 0 unspecified atom stereocenters. The second-order valence-corrected chi connectivity index (χ2v) is 3.44. The summed E-state index contributed by atoms with van der Waals surface area (Å²) in [6.07, 6.45) is 1.00. The number of nitrogens with zero attached hydrogens (tertiary/aromatic N) is 2. The van der Waals surface area contributed by atoms with Gasteiger partial charge in [-0.25, -0.2) is 0 Å². The molecule has 1 heterocycles. The first-order valence-electron chi connectivity index (χ1n) is 5.64. The van der Waals surface area contributed by atoms with Gasteiger partial charge in [-0.3, -0.25) is 4.68 Å². The van der Waals surface area contributed by atoms with Gasteiger partial charge >= 0.3 is 0 Å². The largest absolute Gasteiger partial charge is 0.268 e. The summed E-state index contributed by atoms with van der Waals surface area (Å²) in [5.41, 5.74) is 3.72. The molecule has 0 aliphatic heterocycles. The van der Waals surface area contributed by atoms with Crippen molar-refractivity contribution in [3.05, 3.63) is 29.5 Å². The Morgan fingerprint density at radius 1 is 1.27 bits per heavy atom. The van der Waals surface area contributed by atoms with Crippen molar-refractivity contribution in [3.63, 3.8) is 0 Å². The van der Waals surface area contributed by atoms with Crippen molar-refractivity contribution < 1.29 is 0 Å². The van der Waals surface area contributed by atoms with Crippen LogP contribution in [-0.4, -0.2) is 9.78 Å². The Morgan fingerprint density at radius 2 is 1.93 bits per heavy atom. The first kappa shape index (κ1) is 11.8. The minimum absolute atomic E-state index is 1.00. The highest BCUT2D eigenvalue weighted by Crippen LogP contribution is 2.19. The molecule has 0 amide bonds. The fourth-order valence-corrected chi connectivity index (χ4v) is 1.71. The number of hydrogen-bond donors (Lipinski definition) is 0. The average Bonchev–Trinajstić information content (AvgIpc) is 2.58. The average molecular weight is 204 g/mol. The lowest BCUT2D eigenvalue weighted by molar-refractivity contribution is 0.770.